The number of morpholine rings is 1. The lowest BCUT2D eigenvalue weighted by Gasteiger charge is -2.47. The first-order valence-electron chi connectivity index (χ1n) is 11.5. The highest BCUT2D eigenvalue weighted by Gasteiger charge is 2.49. The summed E-state index contributed by atoms with van der Waals surface area (Å²) in [5.41, 5.74) is 1.76. The third-order valence-electron chi connectivity index (χ3n) is 6.25. The molecule has 3 rings (SSSR count). The maximum Gasteiger partial charge on any atom is 0.306 e. The summed E-state index contributed by atoms with van der Waals surface area (Å²) in [4.78, 5) is 27.7. The predicted octanol–water partition coefficient (Wildman–Crippen LogP) is 5.19. The Bertz CT molecular complexity index is 1190. The second-order valence-electron chi connectivity index (χ2n) is 9.85. The van der Waals surface area contributed by atoms with Crippen molar-refractivity contribution in [2.75, 3.05) is 5.75 Å². The van der Waals surface area contributed by atoms with Crippen molar-refractivity contribution < 1.29 is 27.9 Å². The normalized spacial score (nSPS) is 22.3. The number of aryl methyl sites for hydroxylation is 1. The molecule has 0 aliphatic carbocycles. The van der Waals surface area contributed by atoms with Crippen LogP contribution in [0.25, 0.3) is 0 Å². The number of hydrogen-bond donors (Lipinski definition) is 1. The zero-order valence-electron chi connectivity index (χ0n) is 20.5. The molecular formula is C25H32ClNO6S2. The van der Waals surface area contributed by atoms with Gasteiger partial charge < -0.3 is 14.7 Å². The van der Waals surface area contributed by atoms with Crippen LogP contribution in [-0.4, -0.2) is 52.9 Å². The molecule has 0 radical (unpaired) electrons. The summed E-state index contributed by atoms with van der Waals surface area (Å²) in [7, 11) is -3.59. The SMILES string of the molecule is CCC(CS(=O)(=O)C(C)(C)C)N1C(=O)C(CC(=O)O)O[C@H](c2cccc(C)c2)[C@H]1c1ccc(Cl)s1. The van der Waals surface area contributed by atoms with Crippen LogP contribution in [0.4, 0.5) is 0 Å². The van der Waals surface area contributed by atoms with Crippen LogP contribution in [0.1, 0.15) is 68.7 Å². The molecule has 0 spiro atoms. The van der Waals surface area contributed by atoms with E-state index in [2.05, 4.69) is 0 Å². The van der Waals surface area contributed by atoms with Crippen LogP contribution < -0.4 is 0 Å². The Hall–Kier alpha value is -1.94. The lowest BCUT2D eigenvalue weighted by atomic mass is 9.93. The quantitative estimate of drug-likeness (QED) is 0.493. The molecule has 1 aromatic heterocycles. The minimum absolute atomic E-state index is 0.241. The predicted molar refractivity (Wildman–Crippen MR) is 138 cm³/mol. The number of rotatable bonds is 8. The summed E-state index contributed by atoms with van der Waals surface area (Å²) in [6.07, 6.45) is -2.08. The number of thiophene rings is 1. The highest BCUT2D eigenvalue weighted by Crippen LogP contribution is 2.47. The minimum Gasteiger partial charge on any atom is -0.481 e. The second kappa shape index (κ2) is 10.6. The van der Waals surface area contributed by atoms with Crippen molar-refractivity contribution in [3.05, 3.63) is 56.7 Å². The Morgan fingerprint density at radius 2 is 1.94 bits per heavy atom. The number of carboxylic acid groups (broad SMARTS) is 1. The summed E-state index contributed by atoms with van der Waals surface area (Å²) in [5, 5.41) is 9.48. The van der Waals surface area contributed by atoms with Crippen LogP contribution in [-0.2, 0) is 24.2 Å². The molecule has 2 aromatic rings. The molecular weight excluding hydrogens is 510 g/mol. The summed E-state index contributed by atoms with van der Waals surface area (Å²) in [5.74, 6) is -1.93. The van der Waals surface area contributed by atoms with Gasteiger partial charge in [0.2, 0.25) is 0 Å². The van der Waals surface area contributed by atoms with E-state index in [0.717, 1.165) is 16.0 Å². The van der Waals surface area contributed by atoms with Crippen LogP contribution in [0.2, 0.25) is 4.34 Å². The largest absolute Gasteiger partial charge is 0.481 e. The summed E-state index contributed by atoms with van der Waals surface area (Å²) in [6.45, 7) is 8.67. The molecule has 1 aliphatic rings. The highest BCUT2D eigenvalue weighted by molar-refractivity contribution is 7.92. The number of hydrogen-bond acceptors (Lipinski definition) is 6. The molecule has 10 heteroatoms. The number of carbonyl (C=O) groups excluding carboxylic acids is 1. The van der Waals surface area contributed by atoms with Gasteiger partial charge >= 0.3 is 5.97 Å². The topological polar surface area (TPSA) is 101 Å². The smallest absolute Gasteiger partial charge is 0.306 e. The summed E-state index contributed by atoms with van der Waals surface area (Å²) < 4.78 is 32.1. The monoisotopic (exact) mass is 541 g/mol. The van der Waals surface area contributed by atoms with Gasteiger partial charge in [0.15, 0.2) is 9.84 Å². The van der Waals surface area contributed by atoms with E-state index in [-0.39, 0.29) is 5.75 Å². The number of aliphatic carboxylic acids is 1. The Balaban J connectivity index is 2.19. The van der Waals surface area contributed by atoms with E-state index in [9.17, 15) is 23.1 Å². The zero-order chi connectivity index (χ0) is 26.1. The molecule has 1 N–H and O–H groups in total. The molecule has 0 bridgehead atoms. The van der Waals surface area contributed by atoms with Crippen molar-refractivity contribution in [3.8, 4) is 0 Å². The highest BCUT2D eigenvalue weighted by atomic mass is 35.5. The van der Waals surface area contributed by atoms with Crippen LogP contribution in [0.3, 0.4) is 0 Å². The fraction of sp³-hybridized carbons (Fsp3) is 0.520. The van der Waals surface area contributed by atoms with E-state index >= 15 is 0 Å². The third kappa shape index (κ3) is 6.07. The molecule has 4 atom stereocenters. The maximum absolute atomic E-state index is 13.7. The summed E-state index contributed by atoms with van der Waals surface area (Å²) >= 11 is 7.56. The lowest BCUT2D eigenvalue weighted by Crippen LogP contribution is -2.57. The first kappa shape index (κ1) is 27.6. The third-order valence-corrected chi connectivity index (χ3v) is 10.2. The molecule has 1 saturated heterocycles. The molecule has 1 aliphatic heterocycles. The fourth-order valence-corrected chi connectivity index (χ4v) is 6.83. The van der Waals surface area contributed by atoms with Gasteiger partial charge in [-0.25, -0.2) is 8.42 Å². The number of carbonyl (C=O) groups is 2. The van der Waals surface area contributed by atoms with E-state index in [4.69, 9.17) is 16.3 Å². The fourth-order valence-electron chi connectivity index (χ4n) is 4.24. The number of carboxylic acids is 1. The van der Waals surface area contributed by atoms with Crippen LogP contribution >= 0.6 is 22.9 Å². The van der Waals surface area contributed by atoms with Crippen LogP contribution in [0.15, 0.2) is 36.4 Å². The number of halogens is 1. The number of sulfone groups is 1. The second-order valence-corrected chi connectivity index (χ2v) is 14.4. The van der Waals surface area contributed by atoms with Crippen molar-refractivity contribution in [1.82, 2.24) is 4.90 Å². The van der Waals surface area contributed by atoms with Crippen molar-refractivity contribution in [3.63, 3.8) is 0 Å². The molecule has 192 valence electrons. The molecule has 35 heavy (non-hydrogen) atoms. The van der Waals surface area contributed by atoms with Gasteiger partial charge in [-0.05, 0) is 51.8 Å². The van der Waals surface area contributed by atoms with Gasteiger partial charge in [-0.2, -0.15) is 0 Å². The van der Waals surface area contributed by atoms with Crippen LogP contribution in [0, 0.1) is 6.92 Å². The van der Waals surface area contributed by atoms with Gasteiger partial charge in [-0.3, -0.25) is 9.59 Å². The standard InChI is InChI=1S/C25H32ClNO6S2/c1-6-17(14-35(31,32)25(3,4)5)27-22(19-10-11-20(26)34-19)23(16-9-7-8-15(2)12-16)33-18(24(27)30)13-21(28)29/h7-12,17-18,22-23H,6,13-14H2,1-5H3,(H,28,29)/t17?,18?,22-,23-/m1/s1. The first-order valence-corrected chi connectivity index (χ1v) is 14.3. The van der Waals surface area contributed by atoms with Gasteiger partial charge in [0.1, 0.15) is 12.2 Å². The van der Waals surface area contributed by atoms with Crippen molar-refractivity contribution in [2.45, 2.75) is 76.5 Å². The molecule has 2 heterocycles. The average molecular weight is 542 g/mol. The maximum atomic E-state index is 13.7. The zero-order valence-corrected chi connectivity index (χ0v) is 22.9. The van der Waals surface area contributed by atoms with E-state index in [1.54, 1.807) is 31.7 Å². The van der Waals surface area contributed by atoms with Gasteiger partial charge in [0.25, 0.3) is 5.91 Å². The molecule has 1 aromatic carbocycles. The molecule has 0 saturated carbocycles. The number of benzene rings is 1. The number of nitrogens with zero attached hydrogens (tertiary/aromatic N) is 1. The number of ether oxygens (including phenoxy) is 1. The first-order chi connectivity index (χ1) is 16.2. The van der Waals surface area contributed by atoms with Gasteiger partial charge in [-0.15, -0.1) is 11.3 Å². The van der Waals surface area contributed by atoms with Gasteiger partial charge in [0, 0.05) is 10.9 Å². The molecule has 2 unspecified atom stereocenters. The van der Waals surface area contributed by atoms with Crippen molar-refractivity contribution in [2.24, 2.45) is 0 Å². The molecule has 1 fully saturated rings. The average Bonchev–Trinajstić information content (AvgIpc) is 3.18. The Labute approximate surface area is 216 Å². The molecule has 1 amide bonds. The van der Waals surface area contributed by atoms with Crippen LogP contribution in [0.5, 0.6) is 0 Å². The van der Waals surface area contributed by atoms with E-state index in [1.807, 2.05) is 44.2 Å². The van der Waals surface area contributed by atoms with E-state index < -0.39 is 57.2 Å². The molecule has 7 nitrogen and oxygen atoms in total. The summed E-state index contributed by atoms with van der Waals surface area (Å²) in [6, 6.07) is 9.83. The Kier molecular flexibility index (Phi) is 8.36. The van der Waals surface area contributed by atoms with E-state index in [1.165, 1.54) is 11.3 Å². The van der Waals surface area contributed by atoms with Gasteiger partial charge in [0.05, 0.1) is 27.3 Å². The lowest BCUT2D eigenvalue weighted by molar-refractivity contribution is -0.182. The Morgan fingerprint density at radius 3 is 2.46 bits per heavy atom. The van der Waals surface area contributed by atoms with Crippen molar-refractivity contribution in [1.29, 1.82) is 0 Å². The minimum atomic E-state index is -3.59. The van der Waals surface area contributed by atoms with Crippen molar-refractivity contribution >= 4 is 44.7 Å². The number of amides is 1. The Morgan fingerprint density at radius 1 is 1.26 bits per heavy atom. The van der Waals surface area contributed by atoms with Gasteiger partial charge in [-0.1, -0.05) is 48.4 Å². The van der Waals surface area contributed by atoms with E-state index in [0.29, 0.717) is 10.8 Å².